The lowest BCUT2D eigenvalue weighted by Gasteiger charge is -2.38. The summed E-state index contributed by atoms with van der Waals surface area (Å²) in [5.74, 6) is -1.69. The number of hydrogen-bond donors (Lipinski definition) is 1. The lowest BCUT2D eigenvalue weighted by Crippen LogP contribution is -2.55. The van der Waals surface area contributed by atoms with Gasteiger partial charge in [0.25, 0.3) is 11.6 Å². The summed E-state index contributed by atoms with van der Waals surface area (Å²) in [4.78, 5) is 37.0. The van der Waals surface area contributed by atoms with Gasteiger partial charge in [0.2, 0.25) is 0 Å². The highest BCUT2D eigenvalue weighted by Crippen LogP contribution is 2.40. The van der Waals surface area contributed by atoms with Crippen molar-refractivity contribution in [2.45, 2.75) is 38.8 Å². The summed E-state index contributed by atoms with van der Waals surface area (Å²) in [6.07, 6.45) is -0.244. The molecule has 8 nitrogen and oxygen atoms in total. The van der Waals surface area contributed by atoms with E-state index in [4.69, 9.17) is 4.74 Å². The van der Waals surface area contributed by atoms with Crippen molar-refractivity contribution in [3.8, 4) is 5.75 Å². The van der Waals surface area contributed by atoms with Crippen LogP contribution in [0.3, 0.4) is 0 Å². The van der Waals surface area contributed by atoms with Crippen molar-refractivity contribution in [3.05, 3.63) is 64.2 Å². The van der Waals surface area contributed by atoms with E-state index in [9.17, 15) is 24.8 Å². The molecule has 0 aromatic heterocycles. The van der Waals surface area contributed by atoms with E-state index in [0.29, 0.717) is 6.42 Å². The molecule has 0 saturated carbocycles. The molecule has 1 N–H and O–H groups in total. The number of benzene rings is 2. The summed E-state index contributed by atoms with van der Waals surface area (Å²) >= 11 is 0. The molecule has 1 heterocycles. The van der Waals surface area contributed by atoms with E-state index >= 15 is 0 Å². The minimum atomic E-state index is -1.14. The average Bonchev–Trinajstić information content (AvgIpc) is 2.69. The molecule has 152 valence electrons. The molecule has 2 aromatic rings. The lowest BCUT2D eigenvalue weighted by atomic mass is 9.98. The Bertz CT molecular complexity index is 928. The van der Waals surface area contributed by atoms with E-state index in [-0.39, 0.29) is 29.5 Å². The predicted molar refractivity (Wildman–Crippen MR) is 106 cm³/mol. The van der Waals surface area contributed by atoms with E-state index < -0.39 is 28.9 Å². The first-order valence-electron chi connectivity index (χ1n) is 9.34. The van der Waals surface area contributed by atoms with Gasteiger partial charge in [0.15, 0.2) is 11.9 Å². The Kier molecular flexibility index (Phi) is 5.81. The minimum absolute atomic E-state index is 0.142. The number of amides is 1. The summed E-state index contributed by atoms with van der Waals surface area (Å²) in [5, 5.41) is 21.0. The first-order chi connectivity index (χ1) is 13.8. The maximum Gasteiger partial charge on any atom is 0.326 e. The quantitative estimate of drug-likeness (QED) is 0.565. The number of carboxylic acid groups (broad SMARTS) is 1. The Labute approximate surface area is 167 Å². The van der Waals surface area contributed by atoms with Crippen LogP contribution in [-0.4, -0.2) is 34.1 Å². The molecule has 0 bridgehead atoms. The predicted octanol–water partition coefficient (Wildman–Crippen LogP) is 3.43. The Morgan fingerprint density at radius 3 is 2.52 bits per heavy atom. The Balaban J connectivity index is 2.00. The molecule has 1 amide bonds. The molecule has 3 rings (SSSR count). The Morgan fingerprint density at radius 2 is 1.93 bits per heavy atom. The zero-order valence-electron chi connectivity index (χ0n) is 16.1. The molecule has 0 saturated heterocycles. The van der Waals surface area contributed by atoms with Crippen LogP contribution >= 0.6 is 0 Å². The van der Waals surface area contributed by atoms with Crippen molar-refractivity contribution in [3.63, 3.8) is 0 Å². The summed E-state index contributed by atoms with van der Waals surface area (Å²) < 4.78 is 5.73. The number of hydrogen-bond acceptors (Lipinski definition) is 5. The van der Waals surface area contributed by atoms with Crippen LogP contribution in [0, 0.1) is 16.0 Å². The molecule has 2 aromatic carbocycles. The van der Waals surface area contributed by atoms with Crippen LogP contribution in [0.5, 0.6) is 5.75 Å². The van der Waals surface area contributed by atoms with E-state index in [1.165, 1.54) is 23.1 Å². The molecular weight excluding hydrogens is 376 g/mol. The van der Waals surface area contributed by atoms with Gasteiger partial charge in [-0.05, 0) is 30.4 Å². The number of fused-ring (bicyclic) bond motifs is 1. The monoisotopic (exact) mass is 398 g/mol. The molecule has 29 heavy (non-hydrogen) atoms. The van der Waals surface area contributed by atoms with Gasteiger partial charge in [-0.2, -0.15) is 0 Å². The SMILES string of the molecule is CC(C)C1Oc2cc([N+](=O)[O-])ccc2N(C(CCc2ccccc2)C(=O)O)C1=O. The summed E-state index contributed by atoms with van der Waals surface area (Å²) in [6, 6.07) is 12.1. The van der Waals surface area contributed by atoms with Gasteiger partial charge in [-0.3, -0.25) is 19.8 Å². The van der Waals surface area contributed by atoms with Crippen molar-refractivity contribution < 1.29 is 24.4 Å². The maximum absolute atomic E-state index is 13.1. The third-order valence-corrected chi connectivity index (χ3v) is 4.90. The van der Waals surface area contributed by atoms with Crippen LogP contribution in [0.1, 0.15) is 25.8 Å². The van der Waals surface area contributed by atoms with Gasteiger partial charge in [-0.25, -0.2) is 4.79 Å². The second-order valence-corrected chi connectivity index (χ2v) is 7.28. The number of aryl methyl sites for hydroxylation is 1. The summed E-state index contributed by atoms with van der Waals surface area (Å²) in [6.45, 7) is 3.56. The normalized spacial score (nSPS) is 16.9. The largest absolute Gasteiger partial charge is 0.480 e. The number of nitrogens with zero attached hydrogens (tertiary/aromatic N) is 2. The van der Waals surface area contributed by atoms with Crippen molar-refractivity contribution in [1.29, 1.82) is 0 Å². The molecule has 1 aliphatic rings. The van der Waals surface area contributed by atoms with Gasteiger partial charge >= 0.3 is 5.97 Å². The Morgan fingerprint density at radius 1 is 1.24 bits per heavy atom. The molecule has 0 fully saturated rings. The third-order valence-electron chi connectivity index (χ3n) is 4.90. The number of anilines is 1. The van der Waals surface area contributed by atoms with Crippen molar-refractivity contribution >= 4 is 23.3 Å². The Hall–Kier alpha value is -3.42. The van der Waals surface area contributed by atoms with Gasteiger partial charge in [-0.1, -0.05) is 44.2 Å². The number of non-ortho nitro benzene ring substituents is 1. The summed E-state index contributed by atoms with van der Waals surface area (Å²) in [5.41, 5.74) is 1.01. The zero-order chi connectivity index (χ0) is 21.1. The molecule has 2 atom stereocenters. The molecule has 1 aliphatic heterocycles. The molecule has 0 radical (unpaired) electrons. The number of carbonyl (C=O) groups is 2. The second kappa shape index (κ2) is 8.30. The molecule has 0 aliphatic carbocycles. The highest BCUT2D eigenvalue weighted by molar-refractivity contribution is 6.04. The van der Waals surface area contributed by atoms with E-state index in [1.54, 1.807) is 13.8 Å². The van der Waals surface area contributed by atoms with E-state index in [1.807, 2.05) is 30.3 Å². The lowest BCUT2D eigenvalue weighted by molar-refractivity contribution is -0.384. The first-order valence-corrected chi connectivity index (χ1v) is 9.34. The number of nitro groups is 1. The minimum Gasteiger partial charge on any atom is -0.480 e. The van der Waals surface area contributed by atoms with Crippen molar-refractivity contribution in [2.24, 2.45) is 5.92 Å². The van der Waals surface area contributed by atoms with Crippen LogP contribution in [0.15, 0.2) is 48.5 Å². The van der Waals surface area contributed by atoms with Gasteiger partial charge in [0, 0.05) is 6.07 Å². The molecule has 0 spiro atoms. The smallest absolute Gasteiger partial charge is 0.326 e. The van der Waals surface area contributed by atoms with Crippen LogP contribution < -0.4 is 9.64 Å². The number of nitro benzene ring substituents is 1. The van der Waals surface area contributed by atoms with Crippen LogP contribution in [0.25, 0.3) is 0 Å². The first kappa shape index (κ1) is 20.3. The van der Waals surface area contributed by atoms with E-state index in [2.05, 4.69) is 0 Å². The highest BCUT2D eigenvalue weighted by atomic mass is 16.6. The topological polar surface area (TPSA) is 110 Å². The fraction of sp³-hybridized carbons (Fsp3) is 0.333. The van der Waals surface area contributed by atoms with Gasteiger partial charge < -0.3 is 9.84 Å². The maximum atomic E-state index is 13.1. The fourth-order valence-corrected chi connectivity index (χ4v) is 3.41. The number of ether oxygens (including phenoxy) is 1. The number of carboxylic acids is 1. The molecular formula is C21H22N2O6. The van der Waals surface area contributed by atoms with Gasteiger partial charge in [0.1, 0.15) is 6.04 Å². The number of rotatable bonds is 7. The van der Waals surface area contributed by atoms with Crippen LogP contribution in [0.4, 0.5) is 11.4 Å². The van der Waals surface area contributed by atoms with Gasteiger partial charge in [-0.15, -0.1) is 0 Å². The second-order valence-electron chi connectivity index (χ2n) is 7.28. The standard InChI is InChI=1S/C21H22N2O6/c1-13(2)19-20(24)22(16-11-9-15(23(27)28)12-18(16)29-19)17(21(25)26)10-8-14-6-4-3-5-7-14/h3-7,9,11-13,17,19H,8,10H2,1-2H3,(H,25,26). The number of aliphatic carboxylic acids is 1. The highest BCUT2D eigenvalue weighted by Gasteiger charge is 2.42. The average molecular weight is 398 g/mol. The van der Waals surface area contributed by atoms with Crippen LogP contribution in [-0.2, 0) is 16.0 Å². The zero-order valence-corrected chi connectivity index (χ0v) is 16.1. The van der Waals surface area contributed by atoms with Crippen molar-refractivity contribution in [1.82, 2.24) is 0 Å². The summed E-state index contributed by atoms with van der Waals surface area (Å²) in [7, 11) is 0. The fourth-order valence-electron chi connectivity index (χ4n) is 3.41. The van der Waals surface area contributed by atoms with Gasteiger partial charge in [0.05, 0.1) is 16.7 Å². The van der Waals surface area contributed by atoms with E-state index in [0.717, 1.165) is 5.56 Å². The van der Waals surface area contributed by atoms with Crippen LogP contribution in [0.2, 0.25) is 0 Å². The molecule has 2 unspecified atom stereocenters. The molecule has 8 heteroatoms. The van der Waals surface area contributed by atoms with Crippen molar-refractivity contribution in [2.75, 3.05) is 4.90 Å². The number of carbonyl (C=O) groups excluding carboxylic acids is 1. The third kappa shape index (κ3) is 4.21.